The first kappa shape index (κ1) is 17.9. The summed E-state index contributed by atoms with van der Waals surface area (Å²) in [6.45, 7) is 3.63. The molecule has 0 bridgehead atoms. The molecule has 1 aromatic rings. The number of sulfone groups is 1. The van der Waals surface area contributed by atoms with Crippen molar-refractivity contribution in [3.05, 3.63) is 48.0 Å². The van der Waals surface area contributed by atoms with Gasteiger partial charge in [0.05, 0.1) is 16.9 Å². The first-order valence-corrected chi connectivity index (χ1v) is 9.35. The zero-order chi connectivity index (χ0) is 17.9. The monoisotopic (exact) mass is 350 g/mol. The first-order valence-electron chi connectivity index (χ1n) is 7.29. The van der Waals surface area contributed by atoms with Crippen molar-refractivity contribution in [3.63, 3.8) is 0 Å². The third-order valence-electron chi connectivity index (χ3n) is 3.62. The number of nitrogens with one attached hydrogen (secondary N) is 1. The molecule has 128 valence electrons. The number of rotatable bonds is 7. The van der Waals surface area contributed by atoms with Crippen LogP contribution in [0.15, 0.2) is 36.9 Å². The molecular formula is C16H18N2O5S. The molecule has 0 saturated carbocycles. The van der Waals surface area contributed by atoms with Crippen LogP contribution in [0.2, 0.25) is 0 Å². The van der Waals surface area contributed by atoms with Crippen molar-refractivity contribution in [2.24, 2.45) is 0 Å². The van der Waals surface area contributed by atoms with Crippen LogP contribution in [-0.4, -0.2) is 55.6 Å². The van der Waals surface area contributed by atoms with Crippen LogP contribution in [0.25, 0.3) is 0 Å². The highest BCUT2D eigenvalue weighted by molar-refractivity contribution is 7.90. The highest BCUT2D eigenvalue weighted by atomic mass is 32.2. The lowest BCUT2D eigenvalue weighted by molar-refractivity contribution is -0.124. The van der Waals surface area contributed by atoms with Gasteiger partial charge in [0.1, 0.15) is 15.9 Å². The van der Waals surface area contributed by atoms with Crippen LogP contribution >= 0.6 is 0 Å². The molecule has 24 heavy (non-hydrogen) atoms. The molecule has 0 fully saturated rings. The molecule has 3 amide bonds. The van der Waals surface area contributed by atoms with Crippen molar-refractivity contribution in [1.29, 1.82) is 0 Å². The quantitative estimate of drug-likeness (QED) is 0.566. The highest BCUT2D eigenvalue weighted by Gasteiger charge is 2.42. The Morgan fingerprint density at radius 1 is 1.25 bits per heavy atom. The molecule has 0 aliphatic carbocycles. The molecule has 1 aliphatic rings. The Morgan fingerprint density at radius 2 is 1.79 bits per heavy atom. The largest absolute Gasteiger partial charge is 0.351 e. The summed E-state index contributed by atoms with van der Waals surface area (Å²) in [5.41, 5.74) is 0.423. The second-order valence-corrected chi connectivity index (χ2v) is 7.75. The molecule has 1 heterocycles. The average Bonchev–Trinajstić information content (AvgIpc) is 2.77. The molecule has 0 radical (unpaired) electrons. The van der Waals surface area contributed by atoms with E-state index in [0.717, 1.165) is 11.2 Å². The Hall–Kier alpha value is -2.48. The Bertz CT molecular complexity index is 765. The lowest BCUT2D eigenvalue weighted by Gasteiger charge is -2.25. The van der Waals surface area contributed by atoms with Crippen molar-refractivity contribution in [2.75, 3.05) is 18.6 Å². The highest BCUT2D eigenvalue weighted by Crippen LogP contribution is 2.25. The minimum atomic E-state index is -3.35. The van der Waals surface area contributed by atoms with E-state index in [0.29, 0.717) is 0 Å². The summed E-state index contributed by atoms with van der Waals surface area (Å²) in [6, 6.07) is 5.07. The van der Waals surface area contributed by atoms with Gasteiger partial charge in [0.15, 0.2) is 0 Å². The Balaban J connectivity index is 2.33. The van der Waals surface area contributed by atoms with E-state index in [1.165, 1.54) is 18.2 Å². The van der Waals surface area contributed by atoms with Gasteiger partial charge in [0.2, 0.25) is 5.91 Å². The fraction of sp³-hybridized carbons (Fsp3) is 0.312. The fourth-order valence-corrected chi connectivity index (χ4v) is 3.14. The third kappa shape index (κ3) is 3.70. The summed E-state index contributed by atoms with van der Waals surface area (Å²) in [4.78, 5) is 38.2. The van der Waals surface area contributed by atoms with Gasteiger partial charge in [-0.25, -0.2) is 8.42 Å². The fourth-order valence-electron chi connectivity index (χ4n) is 2.48. The molecular weight excluding hydrogens is 332 g/mol. The van der Waals surface area contributed by atoms with Gasteiger partial charge in [0, 0.05) is 12.8 Å². The summed E-state index contributed by atoms with van der Waals surface area (Å²) >= 11 is 0. The number of carbonyl (C=O) groups is 3. The van der Waals surface area contributed by atoms with E-state index in [2.05, 4.69) is 11.9 Å². The predicted octanol–water partition coefficient (Wildman–Crippen LogP) is 0.388. The molecule has 0 unspecified atom stereocenters. The summed E-state index contributed by atoms with van der Waals surface area (Å²) in [5.74, 6) is -2.09. The topological polar surface area (TPSA) is 101 Å². The zero-order valence-corrected chi connectivity index (χ0v) is 14.0. The number of carbonyl (C=O) groups excluding carboxylic acids is 3. The van der Waals surface area contributed by atoms with Gasteiger partial charge in [-0.2, -0.15) is 0 Å². The lowest BCUT2D eigenvalue weighted by atomic mass is 10.1. The number of hydrogen-bond acceptors (Lipinski definition) is 5. The third-order valence-corrected chi connectivity index (χ3v) is 4.60. The van der Waals surface area contributed by atoms with Crippen LogP contribution in [-0.2, 0) is 14.6 Å². The SMILES string of the molecule is C=CCNC(=O)[C@@H](CCS(C)(=O)=O)N1C(=O)c2ccccc2C1=O. The van der Waals surface area contributed by atoms with Crippen LogP contribution in [0.3, 0.4) is 0 Å². The number of amides is 3. The van der Waals surface area contributed by atoms with Gasteiger partial charge >= 0.3 is 0 Å². The van der Waals surface area contributed by atoms with Crippen molar-refractivity contribution >= 4 is 27.6 Å². The summed E-state index contributed by atoms with van der Waals surface area (Å²) in [7, 11) is -3.35. The van der Waals surface area contributed by atoms with Gasteiger partial charge in [-0.3, -0.25) is 19.3 Å². The Kier molecular flexibility index (Phi) is 5.18. The second-order valence-electron chi connectivity index (χ2n) is 5.49. The van der Waals surface area contributed by atoms with E-state index in [9.17, 15) is 22.8 Å². The normalized spacial score (nSPS) is 15.1. The van der Waals surface area contributed by atoms with E-state index >= 15 is 0 Å². The minimum absolute atomic E-state index is 0.150. The van der Waals surface area contributed by atoms with Gasteiger partial charge in [-0.15, -0.1) is 6.58 Å². The molecule has 0 aromatic heterocycles. The van der Waals surface area contributed by atoms with Gasteiger partial charge in [-0.1, -0.05) is 18.2 Å². The maximum Gasteiger partial charge on any atom is 0.262 e. The van der Waals surface area contributed by atoms with Crippen LogP contribution in [0, 0.1) is 0 Å². The van der Waals surface area contributed by atoms with Gasteiger partial charge in [-0.05, 0) is 18.6 Å². The molecule has 1 aliphatic heterocycles. The smallest absolute Gasteiger partial charge is 0.262 e. The summed E-state index contributed by atoms with van der Waals surface area (Å²) in [6.07, 6.45) is 2.33. The maximum atomic E-state index is 12.5. The molecule has 1 N–H and O–H groups in total. The summed E-state index contributed by atoms with van der Waals surface area (Å²) < 4.78 is 22.9. The number of fused-ring (bicyclic) bond motifs is 1. The van der Waals surface area contributed by atoms with Crippen LogP contribution in [0.1, 0.15) is 27.1 Å². The maximum absolute atomic E-state index is 12.5. The van der Waals surface area contributed by atoms with E-state index in [-0.39, 0.29) is 29.8 Å². The average molecular weight is 350 g/mol. The van der Waals surface area contributed by atoms with Gasteiger partial charge < -0.3 is 5.32 Å². The number of benzene rings is 1. The standard InChI is InChI=1S/C16H18N2O5S/c1-3-9-17-14(19)13(8-10-24(2,22)23)18-15(20)11-6-4-5-7-12(11)16(18)21/h3-7,13H,1,8-10H2,2H3,(H,17,19)/t13-/m1/s1. The number of hydrogen-bond donors (Lipinski definition) is 1. The molecule has 8 heteroatoms. The van der Waals surface area contributed by atoms with E-state index in [4.69, 9.17) is 0 Å². The zero-order valence-electron chi connectivity index (χ0n) is 13.2. The minimum Gasteiger partial charge on any atom is -0.351 e. The number of nitrogens with zero attached hydrogens (tertiary/aromatic N) is 1. The first-order chi connectivity index (χ1) is 11.3. The second kappa shape index (κ2) is 6.96. The van der Waals surface area contributed by atoms with E-state index < -0.39 is 33.6 Å². The van der Waals surface area contributed by atoms with Crippen molar-refractivity contribution in [1.82, 2.24) is 10.2 Å². The predicted molar refractivity (Wildman–Crippen MR) is 88.3 cm³/mol. The van der Waals surface area contributed by atoms with Crippen molar-refractivity contribution in [3.8, 4) is 0 Å². The van der Waals surface area contributed by atoms with E-state index in [1.54, 1.807) is 12.1 Å². The summed E-state index contributed by atoms with van der Waals surface area (Å²) in [5, 5.41) is 2.52. The Morgan fingerprint density at radius 3 is 2.25 bits per heavy atom. The molecule has 7 nitrogen and oxygen atoms in total. The lowest BCUT2D eigenvalue weighted by Crippen LogP contribution is -2.50. The Labute approximate surface area is 140 Å². The molecule has 0 spiro atoms. The van der Waals surface area contributed by atoms with Crippen LogP contribution in [0.5, 0.6) is 0 Å². The van der Waals surface area contributed by atoms with Crippen LogP contribution in [0.4, 0.5) is 0 Å². The van der Waals surface area contributed by atoms with Crippen LogP contribution < -0.4 is 5.32 Å². The molecule has 0 saturated heterocycles. The van der Waals surface area contributed by atoms with Crippen molar-refractivity contribution < 1.29 is 22.8 Å². The molecule has 1 atom stereocenters. The van der Waals surface area contributed by atoms with Gasteiger partial charge in [0.25, 0.3) is 11.8 Å². The molecule has 2 rings (SSSR count). The number of imide groups is 1. The van der Waals surface area contributed by atoms with Crippen molar-refractivity contribution in [2.45, 2.75) is 12.5 Å². The molecule has 1 aromatic carbocycles. The van der Waals surface area contributed by atoms with E-state index in [1.807, 2.05) is 0 Å².